The Labute approximate surface area is 223 Å². The Morgan fingerprint density at radius 3 is 1.89 bits per heavy atom. The minimum Gasteiger partial charge on any atom is -0.465 e. The van der Waals surface area contributed by atoms with Gasteiger partial charge in [0.1, 0.15) is 5.78 Å². The Kier molecular flexibility index (Phi) is 11.4. The summed E-state index contributed by atoms with van der Waals surface area (Å²) in [6.07, 6.45) is -7.21. The number of Topliss-reactive ketones (excluding diaryl/α,β-unsaturated/α-hetero) is 1. The van der Waals surface area contributed by atoms with Gasteiger partial charge >= 0.3 is 18.6 Å². The van der Waals surface area contributed by atoms with Gasteiger partial charge < -0.3 is 23.7 Å². The standard InChI is InChI=1S/C12H9F2NO4.C7H3BrF2O2.C4H5NO.CH4/c1-2-17-11(16)8(6-15)7-3-4-9-10(5-7)19-12(13,14)18-9;8-4-1-2-5-6(3-4)12-7(9,10)11-5;1-4(6)2-3-5;/h3-5,8H,2H2,1H3;1-3H;2H2,1H3;1H4. The van der Waals surface area contributed by atoms with Gasteiger partial charge in [-0.2, -0.15) is 10.5 Å². The van der Waals surface area contributed by atoms with Crippen molar-refractivity contribution >= 4 is 27.7 Å². The zero-order chi connectivity index (χ0) is 27.8. The Morgan fingerprint density at radius 1 is 0.947 bits per heavy atom. The number of esters is 1. The summed E-state index contributed by atoms with van der Waals surface area (Å²) < 4.78 is 72.7. The molecule has 38 heavy (non-hydrogen) atoms. The lowest BCUT2D eigenvalue weighted by molar-refractivity contribution is -0.287. The number of carbonyl (C=O) groups is 2. The summed E-state index contributed by atoms with van der Waals surface area (Å²) in [5.41, 5.74) is 0.209. The van der Waals surface area contributed by atoms with Crippen LogP contribution >= 0.6 is 15.9 Å². The molecule has 0 fully saturated rings. The first kappa shape index (κ1) is 32.0. The largest absolute Gasteiger partial charge is 0.586 e. The van der Waals surface area contributed by atoms with Crippen molar-refractivity contribution in [3.63, 3.8) is 0 Å². The Bertz CT molecular complexity index is 1250. The van der Waals surface area contributed by atoms with E-state index in [2.05, 4.69) is 34.9 Å². The number of hydrogen-bond acceptors (Lipinski definition) is 9. The fraction of sp³-hybridized carbons (Fsp3) is 0.333. The fourth-order valence-electron chi connectivity index (χ4n) is 2.67. The smallest absolute Gasteiger partial charge is 0.465 e. The van der Waals surface area contributed by atoms with E-state index in [1.807, 2.05) is 0 Å². The highest BCUT2D eigenvalue weighted by molar-refractivity contribution is 9.10. The molecule has 14 heteroatoms. The van der Waals surface area contributed by atoms with Gasteiger partial charge in [-0.15, -0.1) is 17.6 Å². The maximum Gasteiger partial charge on any atom is 0.586 e. The molecular formula is C24H21BrF4N2O7. The number of benzene rings is 2. The Hall–Kier alpha value is -4.04. The average molecular weight is 605 g/mol. The van der Waals surface area contributed by atoms with Crippen molar-refractivity contribution in [1.82, 2.24) is 0 Å². The van der Waals surface area contributed by atoms with Crippen molar-refractivity contribution in [2.45, 2.75) is 46.2 Å². The molecule has 204 valence electrons. The molecule has 2 aromatic carbocycles. The van der Waals surface area contributed by atoms with Crippen molar-refractivity contribution in [3.8, 4) is 35.1 Å². The zero-order valence-corrected chi connectivity index (χ0v) is 20.7. The van der Waals surface area contributed by atoms with Crippen LogP contribution in [0.25, 0.3) is 0 Å². The van der Waals surface area contributed by atoms with Crippen molar-refractivity contribution in [1.29, 1.82) is 10.5 Å². The predicted molar refractivity (Wildman–Crippen MR) is 126 cm³/mol. The molecule has 0 aromatic heterocycles. The van der Waals surface area contributed by atoms with Gasteiger partial charge in [-0.05, 0) is 49.7 Å². The lowest BCUT2D eigenvalue weighted by Gasteiger charge is -2.08. The van der Waals surface area contributed by atoms with Crippen LogP contribution in [-0.4, -0.2) is 30.9 Å². The molecule has 2 aliphatic rings. The Balaban J connectivity index is 0.000000325. The highest BCUT2D eigenvalue weighted by Crippen LogP contribution is 2.43. The topological polar surface area (TPSA) is 128 Å². The van der Waals surface area contributed by atoms with E-state index in [4.69, 9.17) is 15.3 Å². The van der Waals surface area contributed by atoms with Crippen LogP contribution < -0.4 is 18.9 Å². The van der Waals surface area contributed by atoms with E-state index >= 15 is 0 Å². The third kappa shape index (κ3) is 9.12. The number of ether oxygens (including phenoxy) is 5. The third-order valence-corrected chi connectivity index (χ3v) is 4.59. The number of halogens is 5. The van der Waals surface area contributed by atoms with Gasteiger partial charge in [0.15, 0.2) is 28.9 Å². The van der Waals surface area contributed by atoms with E-state index in [1.54, 1.807) is 25.1 Å². The van der Waals surface area contributed by atoms with Crippen LogP contribution in [0.15, 0.2) is 40.9 Å². The minimum atomic E-state index is -3.73. The van der Waals surface area contributed by atoms with Gasteiger partial charge in [-0.25, -0.2) is 0 Å². The summed E-state index contributed by atoms with van der Waals surface area (Å²) in [5, 5.41) is 16.7. The van der Waals surface area contributed by atoms with Gasteiger partial charge in [0.25, 0.3) is 0 Å². The summed E-state index contributed by atoms with van der Waals surface area (Å²) >= 11 is 3.12. The summed E-state index contributed by atoms with van der Waals surface area (Å²) in [6.45, 7) is 3.12. The molecule has 9 nitrogen and oxygen atoms in total. The van der Waals surface area contributed by atoms with Crippen LogP contribution in [-0.2, 0) is 14.3 Å². The zero-order valence-electron chi connectivity index (χ0n) is 19.1. The third-order valence-electron chi connectivity index (χ3n) is 4.10. The number of alkyl halides is 4. The molecule has 2 aromatic rings. The molecule has 0 radical (unpaired) electrons. The summed E-state index contributed by atoms with van der Waals surface area (Å²) in [6, 6.07) is 11.6. The molecule has 2 aliphatic heterocycles. The molecule has 4 rings (SSSR count). The van der Waals surface area contributed by atoms with E-state index < -0.39 is 24.5 Å². The SMILES string of the molecule is C.CC(=O)CC#N.CCOC(=O)C(C#N)c1ccc2c(c1)OC(F)(F)O2.FC1(F)Oc2ccc(Br)cc2O1. The second kappa shape index (κ2) is 13.5. The monoisotopic (exact) mass is 604 g/mol. The second-order valence-corrected chi connectivity index (χ2v) is 7.90. The van der Waals surface area contributed by atoms with E-state index in [0.29, 0.717) is 4.47 Å². The quantitative estimate of drug-likeness (QED) is 0.301. The molecule has 0 N–H and O–H groups in total. The van der Waals surface area contributed by atoms with Gasteiger partial charge in [-0.3, -0.25) is 9.59 Å². The highest BCUT2D eigenvalue weighted by atomic mass is 79.9. The first-order chi connectivity index (χ1) is 17.3. The molecule has 0 saturated carbocycles. The van der Waals surface area contributed by atoms with Crippen LogP contribution in [0.2, 0.25) is 0 Å². The number of fused-ring (bicyclic) bond motifs is 2. The molecular weight excluding hydrogens is 584 g/mol. The van der Waals surface area contributed by atoms with Gasteiger partial charge in [0, 0.05) is 4.47 Å². The highest BCUT2D eigenvalue weighted by Gasteiger charge is 2.44. The van der Waals surface area contributed by atoms with E-state index in [-0.39, 0.29) is 54.8 Å². The predicted octanol–water partition coefficient (Wildman–Crippen LogP) is 6.07. The van der Waals surface area contributed by atoms with Crippen molar-refractivity contribution in [2.24, 2.45) is 0 Å². The summed E-state index contributed by atoms with van der Waals surface area (Å²) in [7, 11) is 0. The number of rotatable bonds is 4. The molecule has 1 unspecified atom stereocenters. The fourth-order valence-corrected chi connectivity index (χ4v) is 3.01. The lowest BCUT2D eigenvalue weighted by Crippen LogP contribution is -2.25. The first-order valence-corrected chi connectivity index (χ1v) is 11.0. The summed E-state index contributed by atoms with van der Waals surface area (Å²) in [4.78, 5) is 21.4. The maximum absolute atomic E-state index is 12.8. The lowest BCUT2D eigenvalue weighted by atomic mass is 10.0. The molecule has 2 heterocycles. The number of hydrogen-bond donors (Lipinski definition) is 0. The van der Waals surface area contributed by atoms with Crippen LogP contribution in [0, 0.1) is 22.7 Å². The number of nitriles is 2. The normalized spacial score (nSPS) is 15.0. The van der Waals surface area contributed by atoms with Gasteiger partial charge in [0.05, 0.1) is 25.2 Å². The van der Waals surface area contributed by atoms with E-state index in [0.717, 1.165) is 0 Å². The van der Waals surface area contributed by atoms with Crippen LogP contribution in [0.3, 0.4) is 0 Å². The van der Waals surface area contributed by atoms with Crippen LogP contribution in [0.4, 0.5) is 17.6 Å². The van der Waals surface area contributed by atoms with Crippen LogP contribution in [0.5, 0.6) is 23.0 Å². The molecule has 0 bridgehead atoms. The second-order valence-electron chi connectivity index (χ2n) is 6.98. The van der Waals surface area contributed by atoms with Crippen molar-refractivity contribution in [2.75, 3.05) is 6.61 Å². The molecule has 0 saturated heterocycles. The van der Waals surface area contributed by atoms with Crippen LogP contribution in [0.1, 0.15) is 39.2 Å². The van der Waals surface area contributed by atoms with Crippen molar-refractivity contribution in [3.05, 3.63) is 46.4 Å². The molecule has 0 amide bonds. The average Bonchev–Trinajstić information content (AvgIpc) is 3.27. The number of carbonyl (C=O) groups excluding carboxylic acids is 2. The van der Waals surface area contributed by atoms with E-state index in [1.165, 1.54) is 37.3 Å². The number of ketones is 1. The summed E-state index contributed by atoms with van der Waals surface area (Å²) in [5.74, 6) is -2.25. The number of nitrogens with zero attached hydrogens (tertiary/aromatic N) is 2. The van der Waals surface area contributed by atoms with Gasteiger partial charge in [-0.1, -0.05) is 29.4 Å². The Morgan fingerprint density at radius 2 is 1.45 bits per heavy atom. The van der Waals surface area contributed by atoms with E-state index in [9.17, 15) is 27.2 Å². The first-order valence-electron chi connectivity index (χ1n) is 10.2. The van der Waals surface area contributed by atoms with Gasteiger partial charge in [0.2, 0.25) is 0 Å². The van der Waals surface area contributed by atoms with Crippen molar-refractivity contribution < 1.29 is 50.8 Å². The molecule has 0 spiro atoms. The minimum absolute atomic E-state index is 0. The molecule has 1 atom stereocenters. The molecule has 0 aliphatic carbocycles. The maximum atomic E-state index is 12.8.